The van der Waals surface area contributed by atoms with Crippen LogP contribution in [-0.4, -0.2) is 22.6 Å². The Balaban J connectivity index is 1.77. The molecule has 4 heteroatoms. The lowest BCUT2D eigenvalue weighted by Crippen LogP contribution is -2.32. The molecule has 1 saturated carbocycles. The lowest BCUT2D eigenvalue weighted by atomic mass is 10.1. The molecule has 4 nitrogen and oxygen atoms in total. The first-order valence-corrected chi connectivity index (χ1v) is 7.73. The van der Waals surface area contributed by atoms with Crippen molar-refractivity contribution in [3.05, 3.63) is 36.0 Å². The van der Waals surface area contributed by atoms with Crippen molar-refractivity contribution in [2.75, 3.05) is 0 Å². The van der Waals surface area contributed by atoms with E-state index in [1.54, 1.807) is 0 Å². The second-order valence-electron chi connectivity index (χ2n) is 6.17. The van der Waals surface area contributed by atoms with Gasteiger partial charge in [-0.25, -0.2) is 0 Å². The van der Waals surface area contributed by atoms with Crippen molar-refractivity contribution in [1.29, 1.82) is 0 Å². The Morgan fingerprint density at radius 3 is 2.86 bits per heavy atom. The Labute approximate surface area is 125 Å². The van der Waals surface area contributed by atoms with Gasteiger partial charge in [-0.3, -0.25) is 4.79 Å². The summed E-state index contributed by atoms with van der Waals surface area (Å²) >= 11 is 0. The summed E-state index contributed by atoms with van der Waals surface area (Å²) in [4.78, 5) is 11.9. The van der Waals surface area contributed by atoms with Crippen molar-refractivity contribution >= 4 is 16.8 Å². The van der Waals surface area contributed by atoms with E-state index in [4.69, 9.17) is 0 Å². The lowest BCUT2D eigenvalue weighted by molar-refractivity contribution is -0.122. The van der Waals surface area contributed by atoms with Crippen molar-refractivity contribution < 1.29 is 4.79 Å². The van der Waals surface area contributed by atoms with E-state index in [1.165, 1.54) is 23.8 Å². The first-order chi connectivity index (χ1) is 10.1. The fourth-order valence-electron chi connectivity index (χ4n) is 2.64. The van der Waals surface area contributed by atoms with Gasteiger partial charge in [0.2, 0.25) is 5.91 Å². The molecule has 1 heterocycles. The monoisotopic (exact) mass is 285 g/mol. The average Bonchev–Trinajstić information content (AvgIpc) is 3.17. The van der Waals surface area contributed by atoms with Gasteiger partial charge in [-0.2, -0.15) is 0 Å². The van der Waals surface area contributed by atoms with Crippen molar-refractivity contribution in [3.63, 3.8) is 0 Å². The lowest BCUT2D eigenvalue weighted by Gasteiger charge is -2.10. The van der Waals surface area contributed by atoms with E-state index in [-0.39, 0.29) is 11.9 Å². The summed E-state index contributed by atoms with van der Waals surface area (Å²) in [6.07, 6.45) is 4.60. The van der Waals surface area contributed by atoms with E-state index in [9.17, 15) is 4.79 Å². The number of rotatable bonds is 6. The number of benzene rings is 1. The van der Waals surface area contributed by atoms with Crippen LogP contribution in [0.5, 0.6) is 0 Å². The smallest absolute Gasteiger partial charge is 0.240 e. The van der Waals surface area contributed by atoms with Gasteiger partial charge in [-0.05, 0) is 44.4 Å². The number of hydrogen-bond donors (Lipinski definition) is 2. The Kier molecular flexibility index (Phi) is 3.97. The van der Waals surface area contributed by atoms with Crippen LogP contribution < -0.4 is 10.6 Å². The van der Waals surface area contributed by atoms with Crippen LogP contribution in [-0.2, 0) is 17.9 Å². The molecule has 112 valence electrons. The third kappa shape index (κ3) is 3.45. The molecular weight excluding hydrogens is 262 g/mol. The summed E-state index contributed by atoms with van der Waals surface area (Å²) in [5.74, 6) is 0.0593. The van der Waals surface area contributed by atoms with Gasteiger partial charge in [0.15, 0.2) is 0 Å². The topological polar surface area (TPSA) is 46.1 Å². The van der Waals surface area contributed by atoms with Crippen LogP contribution in [0.1, 0.15) is 32.3 Å². The summed E-state index contributed by atoms with van der Waals surface area (Å²) in [6, 6.07) is 9.32. The van der Waals surface area contributed by atoms with Gasteiger partial charge >= 0.3 is 0 Å². The van der Waals surface area contributed by atoms with Crippen LogP contribution in [0.15, 0.2) is 30.5 Å². The predicted octanol–water partition coefficient (Wildman–Crippen LogP) is 2.42. The van der Waals surface area contributed by atoms with Gasteiger partial charge in [-0.1, -0.05) is 12.1 Å². The summed E-state index contributed by atoms with van der Waals surface area (Å²) < 4.78 is 2.02. The molecule has 1 aromatic heterocycles. The van der Waals surface area contributed by atoms with Crippen LogP contribution in [0.25, 0.3) is 10.9 Å². The minimum absolute atomic E-state index is 0.0593. The van der Waals surface area contributed by atoms with E-state index >= 15 is 0 Å². The molecule has 1 aromatic carbocycles. The molecule has 0 radical (unpaired) electrons. The largest absolute Gasteiger partial charge is 0.352 e. The van der Waals surface area contributed by atoms with Crippen LogP contribution in [0.2, 0.25) is 0 Å². The summed E-state index contributed by atoms with van der Waals surface area (Å²) in [7, 11) is 0. The highest BCUT2D eigenvalue weighted by atomic mass is 16.2. The Morgan fingerprint density at radius 2 is 2.14 bits per heavy atom. The SMILES string of the molecule is CC(C)NC(=O)Cn1ccc2c(CNC3CC3)cccc21. The molecule has 0 atom stereocenters. The molecule has 0 spiro atoms. The number of carbonyl (C=O) groups is 1. The number of nitrogens with zero attached hydrogens (tertiary/aromatic N) is 1. The van der Waals surface area contributed by atoms with Crippen molar-refractivity contribution in [3.8, 4) is 0 Å². The van der Waals surface area contributed by atoms with Gasteiger partial charge in [0, 0.05) is 35.7 Å². The van der Waals surface area contributed by atoms with E-state index in [0.29, 0.717) is 12.6 Å². The molecule has 1 amide bonds. The summed E-state index contributed by atoms with van der Waals surface area (Å²) in [6.45, 7) is 5.24. The van der Waals surface area contributed by atoms with Crippen LogP contribution in [0.3, 0.4) is 0 Å². The Morgan fingerprint density at radius 1 is 1.33 bits per heavy atom. The minimum atomic E-state index is 0.0593. The minimum Gasteiger partial charge on any atom is -0.352 e. The molecule has 3 rings (SSSR count). The van der Waals surface area contributed by atoms with E-state index in [2.05, 4.69) is 34.9 Å². The second kappa shape index (κ2) is 5.90. The zero-order chi connectivity index (χ0) is 14.8. The second-order valence-corrected chi connectivity index (χ2v) is 6.17. The Bertz CT molecular complexity index is 641. The van der Waals surface area contributed by atoms with E-state index in [1.807, 2.05) is 24.6 Å². The predicted molar refractivity (Wildman–Crippen MR) is 85.1 cm³/mol. The Hall–Kier alpha value is -1.81. The highest BCUT2D eigenvalue weighted by Crippen LogP contribution is 2.23. The maximum atomic E-state index is 11.9. The number of amides is 1. The molecule has 2 N–H and O–H groups in total. The van der Waals surface area contributed by atoms with E-state index < -0.39 is 0 Å². The van der Waals surface area contributed by atoms with Gasteiger partial charge in [0.05, 0.1) is 0 Å². The third-order valence-corrected chi connectivity index (χ3v) is 3.83. The quantitative estimate of drug-likeness (QED) is 0.856. The first kappa shape index (κ1) is 14.1. The van der Waals surface area contributed by atoms with Gasteiger partial charge in [0.25, 0.3) is 0 Å². The molecule has 21 heavy (non-hydrogen) atoms. The van der Waals surface area contributed by atoms with Crippen molar-refractivity contribution in [2.45, 2.75) is 51.9 Å². The van der Waals surface area contributed by atoms with Crippen molar-refractivity contribution in [1.82, 2.24) is 15.2 Å². The fourth-order valence-corrected chi connectivity index (χ4v) is 2.64. The molecule has 1 aliphatic rings. The van der Waals surface area contributed by atoms with Crippen molar-refractivity contribution in [2.24, 2.45) is 0 Å². The highest BCUT2D eigenvalue weighted by Gasteiger charge is 2.20. The van der Waals surface area contributed by atoms with Gasteiger partial charge in [0.1, 0.15) is 6.54 Å². The van der Waals surface area contributed by atoms with Crippen LogP contribution in [0, 0.1) is 0 Å². The summed E-state index contributed by atoms with van der Waals surface area (Å²) in [5, 5.41) is 7.73. The fraction of sp³-hybridized carbons (Fsp3) is 0.471. The van der Waals surface area contributed by atoms with E-state index in [0.717, 1.165) is 12.1 Å². The van der Waals surface area contributed by atoms with Gasteiger partial charge in [-0.15, -0.1) is 0 Å². The number of aromatic nitrogens is 1. The maximum Gasteiger partial charge on any atom is 0.240 e. The number of nitrogens with one attached hydrogen (secondary N) is 2. The van der Waals surface area contributed by atoms with Crippen LogP contribution >= 0.6 is 0 Å². The molecule has 1 fully saturated rings. The molecule has 0 saturated heterocycles. The normalized spacial score (nSPS) is 14.8. The van der Waals surface area contributed by atoms with Gasteiger partial charge < -0.3 is 15.2 Å². The first-order valence-electron chi connectivity index (χ1n) is 7.73. The summed E-state index contributed by atoms with van der Waals surface area (Å²) in [5.41, 5.74) is 2.44. The molecule has 0 unspecified atom stereocenters. The number of carbonyl (C=O) groups excluding carboxylic acids is 1. The standard InChI is InChI=1S/C17H23N3O/c1-12(2)19-17(21)11-20-9-8-15-13(4-3-5-16(15)20)10-18-14-6-7-14/h3-5,8-9,12,14,18H,6-7,10-11H2,1-2H3,(H,19,21). The highest BCUT2D eigenvalue weighted by molar-refractivity contribution is 5.86. The van der Waals surface area contributed by atoms with Crippen LogP contribution in [0.4, 0.5) is 0 Å². The third-order valence-electron chi connectivity index (χ3n) is 3.83. The molecular formula is C17H23N3O. The zero-order valence-corrected chi connectivity index (χ0v) is 12.7. The molecule has 0 bridgehead atoms. The number of fused-ring (bicyclic) bond motifs is 1. The number of hydrogen-bond acceptors (Lipinski definition) is 2. The molecule has 2 aromatic rings. The zero-order valence-electron chi connectivity index (χ0n) is 12.7. The molecule has 0 aliphatic heterocycles. The maximum absolute atomic E-state index is 11.9. The average molecular weight is 285 g/mol. The molecule has 1 aliphatic carbocycles.